The molecule has 0 aliphatic heterocycles. The van der Waals surface area contributed by atoms with Gasteiger partial charge < -0.3 is 0 Å². The van der Waals surface area contributed by atoms with E-state index in [4.69, 9.17) is 0 Å². The predicted molar refractivity (Wildman–Crippen MR) is 70.2 cm³/mol. The standard InChI is InChI=1S/C16H15NO/c18-16(10-12-6-8-17-9-7-12)15-11-14(15)13-4-2-1-3-5-13/h1-9,14-15H,10-11H2. The molecular weight excluding hydrogens is 222 g/mol. The summed E-state index contributed by atoms with van der Waals surface area (Å²) in [6, 6.07) is 14.2. The topological polar surface area (TPSA) is 30.0 Å². The minimum Gasteiger partial charge on any atom is -0.299 e. The molecule has 3 rings (SSSR count). The van der Waals surface area contributed by atoms with Crippen molar-refractivity contribution in [1.82, 2.24) is 4.98 Å². The Balaban J connectivity index is 1.63. The largest absolute Gasteiger partial charge is 0.299 e. The lowest BCUT2D eigenvalue weighted by atomic mass is 10.0. The molecule has 2 unspecified atom stereocenters. The van der Waals surface area contributed by atoms with Crippen LogP contribution in [0, 0.1) is 5.92 Å². The molecule has 1 aromatic carbocycles. The molecule has 0 radical (unpaired) electrons. The van der Waals surface area contributed by atoms with Crippen molar-refractivity contribution in [2.75, 3.05) is 0 Å². The molecule has 18 heavy (non-hydrogen) atoms. The van der Waals surface area contributed by atoms with Crippen LogP contribution >= 0.6 is 0 Å². The second-order valence-corrected chi connectivity index (χ2v) is 4.86. The van der Waals surface area contributed by atoms with Gasteiger partial charge in [0, 0.05) is 24.7 Å². The maximum Gasteiger partial charge on any atom is 0.140 e. The minimum atomic E-state index is 0.223. The van der Waals surface area contributed by atoms with E-state index in [2.05, 4.69) is 17.1 Å². The number of Topliss-reactive ketones (excluding diaryl/α,β-unsaturated/α-hetero) is 1. The number of pyridine rings is 1. The molecule has 2 heteroatoms. The summed E-state index contributed by atoms with van der Waals surface area (Å²) in [5.74, 6) is 1.02. The van der Waals surface area contributed by atoms with Crippen molar-refractivity contribution < 1.29 is 4.79 Å². The number of rotatable bonds is 4. The number of carbonyl (C=O) groups excluding carboxylic acids is 1. The lowest BCUT2D eigenvalue weighted by molar-refractivity contribution is -0.119. The fourth-order valence-corrected chi connectivity index (χ4v) is 2.45. The number of hydrogen-bond donors (Lipinski definition) is 0. The predicted octanol–water partition coefficient (Wildman–Crippen LogP) is 3.00. The fraction of sp³-hybridized carbons (Fsp3) is 0.250. The molecule has 0 saturated heterocycles. The van der Waals surface area contributed by atoms with Crippen LogP contribution in [0.1, 0.15) is 23.5 Å². The van der Waals surface area contributed by atoms with Crippen molar-refractivity contribution in [2.24, 2.45) is 5.92 Å². The van der Waals surface area contributed by atoms with E-state index in [-0.39, 0.29) is 5.92 Å². The van der Waals surface area contributed by atoms with Gasteiger partial charge in [0.05, 0.1) is 0 Å². The molecule has 90 valence electrons. The molecule has 1 saturated carbocycles. The lowest BCUT2D eigenvalue weighted by Gasteiger charge is -2.01. The van der Waals surface area contributed by atoms with Crippen molar-refractivity contribution in [3.05, 3.63) is 66.0 Å². The second-order valence-electron chi connectivity index (χ2n) is 4.86. The highest BCUT2D eigenvalue weighted by atomic mass is 16.1. The smallest absolute Gasteiger partial charge is 0.140 e. The van der Waals surface area contributed by atoms with Crippen LogP contribution in [0.15, 0.2) is 54.9 Å². The summed E-state index contributed by atoms with van der Waals surface area (Å²) in [5.41, 5.74) is 2.36. The number of carbonyl (C=O) groups is 1. The summed E-state index contributed by atoms with van der Waals surface area (Å²) < 4.78 is 0. The van der Waals surface area contributed by atoms with Crippen LogP contribution in [0.3, 0.4) is 0 Å². The number of hydrogen-bond acceptors (Lipinski definition) is 2. The molecule has 1 aliphatic rings. The molecule has 1 heterocycles. The second kappa shape index (κ2) is 4.73. The molecule has 2 aromatic rings. The summed E-state index contributed by atoms with van der Waals surface area (Å²) >= 11 is 0. The molecule has 0 bridgehead atoms. The van der Waals surface area contributed by atoms with Crippen LogP contribution in [0.25, 0.3) is 0 Å². The summed E-state index contributed by atoms with van der Waals surface area (Å²) in [4.78, 5) is 16.1. The fourth-order valence-electron chi connectivity index (χ4n) is 2.45. The maximum atomic E-state index is 12.1. The summed E-state index contributed by atoms with van der Waals surface area (Å²) in [7, 11) is 0. The maximum absolute atomic E-state index is 12.1. The third kappa shape index (κ3) is 2.33. The molecule has 2 nitrogen and oxygen atoms in total. The van der Waals surface area contributed by atoms with Gasteiger partial charge in [0.15, 0.2) is 0 Å². The SMILES string of the molecule is O=C(Cc1ccncc1)C1CC1c1ccccc1. The number of nitrogens with zero attached hydrogens (tertiary/aromatic N) is 1. The zero-order valence-corrected chi connectivity index (χ0v) is 10.1. The molecular formula is C16H15NO. The van der Waals surface area contributed by atoms with Crippen LogP contribution in [0.2, 0.25) is 0 Å². The highest BCUT2D eigenvalue weighted by Crippen LogP contribution is 2.48. The number of ketones is 1. The lowest BCUT2D eigenvalue weighted by Crippen LogP contribution is -2.06. The quantitative estimate of drug-likeness (QED) is 0.818. The highest BCUT2D eigenvalue weighted by molar-refractivity contribution is 5.86. The van der Waals surface area contributed by atoms with E-state index in [0.29, 0.717) is 18.1 Å². The Morgan fingerprint density at radius 1 is 1.11 bits per heavy atom. The summed E-state index contributed by atoms with van der Waals surface area (Å²) in [5, 5.41) is 0. The first-order valence-corrected chi connectivity index (χ1v) is 6.31. The van der Waals surface area contributed by atoms with E-state index in [1.54, 1.807) is 12.4 Å². The average molecular weight is 237 g/mol. The Morgan fingerprint density at radius 2 is 1.83 bits per heavy atom. The highest BCUT2D eigenvalue weighted by Gasteiger charge is 2.43. The van der Waals surface area contributed by atoms with Gasteiger partial charge in [0.2, 0.25) is 0 Å². The molecule has 0 spiro atoms. The van der Waals surface area contributed by atoms with Gasteiger partial charge in [-0.05, 0) is 35.6 Å². The van der Waals surface area contributed by atoms with Gasteiger partial charge in [0.25, 0.3) is 0 Å². The Bertz CT molecular complexity index is 536. The number of benzene rings is 1. The first-order chi connectivity index (χ1) is 8.84. The first-order valence-electron chi connectivity index (χ1n) is 6.31. The van der Waals surface area contributed by atoms with Crippen LogP contribution < -0.4 is 0 Å². The van der Waals surface area contributed by atoms with Crippen molar-refractivity contribution in [3.63, 3.8) is 0 Å². The molecule has 0 N–H and O–H groups in total. The van der Waals surface area contributed by atoms with Crippen LogP contribution in [0.4, 0.5) is 0 Å². The van der Waals surface area contributed by atoms with Crippen molar-refractivity contribution in [3.8, 4) is 0 Å². The van der Waals surface area contributed by atoms with Crippen molar-refractivity contribution in [2.45, 2.75) is 18.8 Å². The Kier molecular flexibility index (Phi) is 2.93. The van der Waals surface area contributed by atoms with Crippen molar-refractivity contribution in [1.29, 1.82) is 0 Å². The van der Waals surface area contributed by atoms with Gasteiger partial charge in [-0.1, -0.05) is 30.3 Å². The summed E-state index contributed by atoms with van der Waals surface area (Å²) in [6.07, 6.45) is 5.03. The van der Waals surface area contributed by atoms with Crippen LogP contribution in [-0.2, 0) is 11.2 Å². The monoisotopic (exact) mass is 237 g/mol. The zero-order valence-electron chi connectivity index (χ0n) is 10.1. The molecule has 2 atom stereocenters. The Labute approximate surface area is 107 Å². The Morgan fingerprint density at radius 3 is 2.56 bits per heavy atom. The van der Waals surface area contributed by atoms with Gasteiger partial charge in [0.1, 0.15) is 5.78 Å². The molecule has 1 aromatic heterocycles. The zero-order chi connectivity index (χ0) is 12.4. The van der Waals surface area contributed by atoms with E-state index in [0.717, 1.165) is 12.0 Å². The Hall–Kier alpha value is -1.96. The van der Waals surface area contributed by atoms with Gasteiger partial charge in [-0.15, -0.1) is 0 Å². The first kappa shape index (κ1) is 11.1. The van der Waals surface area contributed by atoms with E-state index in [1.807, 2.05) is 30.3 Å². The molecule has 1 fully saturated rings. The molecule has 1 aliphatic carbocycles. The third-order valence-corrected chi connectivity index (χ3v) is 3.56. The van der Waals surface area contributed by atoms with Gasteiger partial charge in [-0.3, -0.25) is 9.78 Å². The van der Waals surface area contributed by atoms with Gasteiger partial charge >= 0.3 is 0 Å². The van der Waals surface area contributed by atoms with Crippen LogP contribution in [0.5, 0.6) is 0 Å². The van der Waals surface area contributed by atoms with Crippen LogP contribution in [-0.4, -0.2) is 10.8 Å². The minimum absolute atomic E-state index is 0.223. The number of aromatic nitrogens is 1. The average Bonchev–Trinajstić information content (AvgIpc) is 3.21. The van der Waals surface area contributed by atoms with E-state index in [9.17, 15) is 4.79 Å². The normalized spacial score (nSPS) is 21.6. The van der Waals surface area contributed by atoms with E-state index in [1.165, 1.54) is 5.56 Å². The summed E-state index contributed by atoms with van der Waals surface area (Å²) in [6.45, 7) is 0. The van der Waals surface area contributed by atoms with Gasteiger partial charge in [-0.2, -0.15) is 0 Å². The van der Waals surface area contributed by atoms with Crippen molar-refractivity contribution >= 4 is 5.78 Å². The van der Waals surface area contributed by atoms with E-state index >= 15 is 0 Å². The van der Waals surface area contributed by atoms with E-state index < -0.39 is 0 Å². The third-order valence-electron chi connectivity index (χ3n) is 3.56. The molecule has 0 amide bonds. The van der Waals surface area contributed by atoms with Gasteiger partial charge in [-0.25, -0.2) is 0 Å².